The molecule has 2 unspecified atom stereocenters. The fraction of sp³-hybridized carbons (Fsp3) is 0.417. The van der Waals surface area contributed by atoms with Gasteiger partial charge in [-0.05, 0) is 24.0 Å². The first-order valence-electron chi connectivity index (χ1n) is 5.52. The first-order chi connectivity index (χ1) is 7.43. The van der Waals surface area contributed by atoms with Crippen LogP contribution in [0.2, 0.25) is 0 Å². The second kappa shape index (κ2) is 3.66. The van der Waals surface area contributed by atoms with Gasteiger partial charge in [-0.3, -0.25) is 10.3 Å². The molecule has 2 atom stereocenters. The summed E-state index contributed by atoms with van der Waals surface area (Å²) in [6.07, 6.45) is 4.51. The molecule has 1 aromatic rings. The van der Waals surface area contributed by atoms with E-state index in [9.17, 15) is 0 Å². The molecule has 3 heteroatoms. The van der Waals surface area contributed by atoms with E-state index in [0.29, 0.717) is 12.2 Å². The number of aliphatic imine (C=N–C) groups is 1. The van der Waals surface area contributed by atoms with E-state index in [1.165, 1.54) is 24.0 Å². The van der Waals surface area contributed by atoms with Crippen molar-refractivity contribution in [3.05, 3.63) is 35.4 Å². The van der Waals surface area contributed by atoms with Gasteiger partial charge < -0.3 is 5.32 Å². The number of fused-ring (bicyclic) bond motifs is 1. The van der Waals surface area contributed by atoms with Crippen LogP contribution in [0, 0.1) is 0 Å². The van der Waals surface area contributed by atoms with Gasteiger partial charge in [-0.1, -0.05) is 24.3 Å². The van der Waals surface area contributed by atoms with Crippen LogP contribution in [0.25, 0.3) is 0 Å². The van der Waals surface area contributed by atoms with Crippen molar-refractivity contribution in [1.29, 1.82) is 0 Å². The maximum absolute atomic E-state index is 4.16. The minimum Gasteiger partial charge on any atom is -0.359 e. The zero-order valence-corrected chi connectivity index (χ0v) is 8.61. The molecule has 0 fully saturated rings. The van der Waals surface area contributed by atoms with Gasteiger partial charge in [-0.25, -0.2) is 0 Å². The zero-order valence-electron chi connectivity index (χ0n) is 8.61. The topological polar surface area (TPSA) is 36.4 Å². The number of rotatable bonds is 2. The Kier molecular flexibility index (Phi) is 2.18. The Hall–Kier alpha value is -1.35. The van der Waals surface area contributed by atoms with Gasteiger partial charge in [0.25, 0.3) is 0 Å². The number of hydrogen-bond acceptors (Lipinski definition) is 3. The van der Waals surface area contributed by atoms with Crippen molar-refractivity contribution in [3.63, 3.8) is 0 Å². The lowest BCUT2D eigenvalue weighted by atomic mass is 10.1. The fourth-order valence-electron chi connectivity index (χ4n) is 2.43. The third-order valence-electron chi connectivity index (χ3n) is 3.19. The van der Waals surface area contributed by atoms with Gasteiger partial charge in [0.15, 0.2) is 0 Å². The minimum absolute atomic E-state index is 0.321. The molecule has 0 radical (unpaired) electrons. The number of nitrogens with one attached hydrogen (secondary N) is 2. The van der Waals surface area contributed by atoms with Crippen molar-refractivity contribution < 1.29 is 0 Å². The van der Waals surface area contributed by atoms with Gasteiger partial charge in [0.1, 0.15) is 0 Å². The van der Waals surface area contributed by atoms with Crippen LogP contribution in [0.1, 0.15) is 23.6 Å². The lowest BCUT2D eigenvalue weighted by Gasteiger charge is -2.19. The van der Waals surface area contributed by atoms with E-state index in [4.69, 9.17) is 0 Å². The SMILES string of the molecule is C1=NCC(NC2CCc3ccccc32)N1. The van der Waals surface area contributed by atoms with Crippen molar-refractivity contribution in [2.45, 2.75) is 25.0 Å². The van der Waals surface area contributed by atoms with E-state index in [0.717, 1.165) is 6.54 Å². The summed E-state index contributed by atoms with van der Waals surface area (Å²) in [6.45, 7) is 0.846. The predicted octanol–water partition coefficient (Wildman–Crippen LogP) is 1.22. The summed E-state index contributed by atoms with van der Waals surface area (Å²) < 4.78 is 0. The highest BCUT2D eigenvalue weighted by Gasteiger charge is 2.24. The third kappa shape index (κ3) is 1.63. The molecule has 15 heavy (non-hydrogen) atoms. The Balaban J connectivity index is 1.73. The van der Waals surface area contributed by atoms with Crippen LogP contribution in [0.3, 0.4) is 0 Å². The molecule has 1 heterocycles. The van der Waals surface area contributed by atoms with Crippen LogP contribution in [0.5, 0.6) is 0 Å². The highest BCUT2D eigenvalue weighted by Crippen LogP contribution is 2.30. The van der Waals surface area contributed by atoms with Crippen molar-refractivity contribution in [2.75, 3.05) is 6.54 Å². The highest BCUT2D eigenvalue weighted by molar-refractivity contribution is 5.57. The molecule has 2 aliphatic rings. The van der Waals surface area contributed by atoms with E-state index in [-0.39, 0.29) is 0 Å². The Bertz CT molecular complexity index is 378. The van der Waals surface area contributed by atoms with Crippen molar-refractivity contribution >= 4 is 6.34 Å². The van der Waals surface area contributed by atoms with Gasteiger partial charge in [-0.15, -0.1) is 0 Å². The molecule has 1 aliphatic carbocycles. The van der Waals surface area contributed by atoms with Crippen LogP contribution in [0.4, 0.5) is 0 Å². The average molecular weight is 201 g/mol. The summed E-state index contributed by atoms with van der Waals surface area (Å²) in [5.41, 5.74) is 2.96. The van der Waals surface area contributed by atoms with Gasteiger partial charge >= 0.3 is 0 Å². The molecule has 0 amide bonds. The molecular formula is C12H15N3. The van der Waals surface area contributed by atoms with Gasteiger partial charge in [0, 0.05) is 6.04 Å². The minimum atomic E-state index is 0.321. The summed E-state index contributed by atoms with van der Waals surface area (Å²) in [6, 6.07) is 9.21. The smallest absolute Gasteiger partial charge is 0.0981 e. The summed E-state index contributed by atoms with van der Waals surface area (Å²) in [5, 5.41) is 6.81. The molecule has 3 nitrogen and oxygen atoms in total. The molecule has 1 aromatic carbocycles. The summed E-state index contributed by atoms with van der Waals surface area (Å²) in [5.74, 6) is 0. The standard InChI is InChI=1S/C12H15N3/c1-2-4-10-9(3-1)5-6-11(10)15-12-7-13-8-14-12/h1-4,8,11-12,15H,5-7H2,(H,13,14). The second-order valence-corrected chi connectivity index (χ2v) is 4.17. The Morgan fingerprint density at radius 3 is 3.13 bits per heavy atom. The van der Waals surface area contributed by atoms with E-state index >= 15 is 0 Å². The third-order valence-corrected chi connectivity index (χ3v) is 3.19. The lowest BCUT2D eigenvalue weighted by Crippen LogP contribution is -2.41. The lowest BCUT2D eigenvalue weighted by molar-refractivity contribution is 0.434. The monoisotopic (exact) mass is 201 g/mol. The molecule has 0 aromatic heterocycles. The van der Waals surface area contributed by atoms with Crippen molar-refractivity contribution in [3.8, 4) is 0 Å². The quantitative estimate of drug-likeness (QED) is 0.755. The van der Waals surface area contributed by atoms with E-state index in [1.54, 1.807) is 6.34 Å². The van der Waals surface area contributed by atoms with Crippen LogP contribution in [-0.2, 0) is 6.42 Å². The zero-order chi connectivity index (χ0) is 10.1. The van der Waals surface area contributed by atoms with Crippen molar-refractivity contribution in [1.82, 2.24) is 10.6 Å². The molecule has 0 spiro atoms. The van der Waals surface area contributed by atoms with E-state index in [1.807, 2.05) is 0 Å². The summed E-state index contributed by atoms with van der Waals surface area (Å²) in [4.78, 5) is 4.16. The number of nitrogens with zero attached hydrogens (tertiary/aromatic N) is 1. The fourth-order valence-corrected chi connectivity index (χ4v) is 2.43. The Morgan fingerprint density at radius 2 is 2.27 bits per heavy atom. The molecular weight excluding hydrogens is 186 g/mol. The van der Waals surface area contributed by atoms with Crippen LogP contribution in [-0.4, -0.2) is 19.0 Å². The molecule has 3 rings (SSSR count). The van der Waals surface area contributed by atoms with E-state index in [2.05, 4.69) is 39.9 Å². The van der Waals surface area contributed by atoms with Crippen LogP contribution >= 0.6 is 0 Å². The predicted molar refractivity (Wildman–Crippen MR) is 60.9 cm³/mol. The first kappa shape index (κ1) is 8.92. The maximum atomic E-state index is 4.16. The average Bonchev–Trinajstić information content (AvgIpc) is 2.89. The number of benzene rings is 1. The highest BCUT2D eigenvalue weighted by atomic mass is 15.2. The molecule has 2 N–H and O–H groups in total. The summed E-state index contributed by atoms with van der Waals surface area (Å²) in [7, 11) is 0. The molecule has 78 valence electrons. The van der Waals surface area contributed by atoms with Crippen molar-refractivity contribution in [2.24, 2.45) is 4.99 Å². The number of hydrogen-bond donors (Lipinski definition) is 2. The molecule has 0 bridgehead atoms. The van der Waals surface area contributed by atoms with Gasteiger partial charge in [0.2, 0.25) is 0 Å². The normalized spacial score (nSPS) is 27.7. The number of aryl methyl sites for hydroxylation is 1. The van der Waals surface area contributed by atoms with E-state index < -0.39 is 0 Å². The van der Waals surface area contributed by atoms with Gasteiger partial charge in [0.05, 0.1) is 19.0 Å². The molecule has 0 saturated heterocycles. The van der Waals surface area contributed by atoms with Crippen LogP contribution in [0.15, 0.2) is 29.3 Å². The largest absolute Gasteiger partial charge is 0.359 e. The molecule has 0 saturated carbocycles. The van der Waals surface area contributed by atoms with Gasteiger partial charge in [-0.2, -0.15) is 0 Å². The summed E-state index contributed by atoms with van der Waals surface area (Å²) >= 11 is 0. The molecule has 1 aliphatic heterocycles. The Morgan fingerprint density at radius 1 is 1.33 bits per heavy atom. The first-order valence-corrected chi connectivity index (χ1v) is 5.52. The second-order valence-electron chi connectivity index (χ2n) is 4.17. The Labute approximate surface area is 89.6 Å². The van der Waals surface area contributed by atoms with Crippen LogP contribution < -0.4 is 10.6 Å². The maximum Gasteiger partial charge on any atom is 0.0981 e.